The van der Waals surface area contributed by atoms with Crippen LogP contribution in [0.1, 0.15) is 64.5 Å². The molecule has 1 saturated heterocycles. The van der Waals surface area contributed by atoms with E-state index in [1.54, 1.807) is 13.8 Å². The van der Waals surface area contributed by atoms with Crippen molar-refractivity contribution in [2.45, 2.75) is 76.6 Å². The van der Waals surface area contributed by atoms with Crippen molar-refractivity contribution in [3.8, 4) is 0 Å². The third-order valence-corrected chi connectivity index (χ3v) is 9.47. The molecule has 236 valence electrons. The summed E-state index contributed by atoms with van der Waals surface area (Å²) in [5, 5.41) is 7.08. The molecule has 1 aromatic heterocycles. The van der Waals surface area contributed by atoms with Gasteiger partial charge in [0.05, 0.1) is 24.8 Å². The first-order valence-electron chi connectivity index (χ1n) is 15.2. The van der Waals surface area contributed by atoms with Gasteiger partial charge in [-0.25, -0.2) is 9.05 Å². The van der Waals surface area contributed by atoms with E-state index in [0.717, 1.165) is 90.6 Å². The number of imidazole rings is 1. The molecule has 0 radical (unpaired) electrons. The second-order valence-corrected chi connectivity index (χ2v) is 13.1. The molecule has 4 N–H and O–H groups in total. The molecule has 5 rings (SSSR count). The molecule has 1 fully saturated rings. The fraction of sp³-hybridized carbons (Fsp3) is 0.500. The molecule has 0 bridgehead atoms. The van der Waals surface area contributed by atoms with Crippen molar-refractivity contribution in [1.29, 1.82) is 0 Å². The van der Waals surface area contributed by atoms with Crippen molar-refractivity contribution in [3.63, 3.8) is 0 Å². The fourth-order valence-electron chi connectivity index (χ4n) is 6.92. The maximum Gasteiger partial charge on any atom is 0.374 e. The number of rotatable bonds is 17. The predicted molar refractivity (Wildman–Crippen MR) is 171 cm³/mol. The highest BCUT2D eigenvalue weighted by Crippen LogP contribution is 2.49. The zero-order valence-electron chi connectivity index (χ0n) is 25.4. The quantitative estimate of drug-likeness (QED) is 0.0451. The largest absolute Gasteiger partial charge is 0.374 e. The van der Waals surface area contributed by atoms with Gasteiger partial charge >= 0.3 is 12.1 Å². The normalized spacial score (nSPS) is 22.8. The number of thiocarbonyl (C=S) groups is 1. The minimum absolute atomic E-state index is 0.0414. The number of anilines is 1. The summed E-state index contributed by atoms with van der Waals surface area (Å²) in [6.07, 6.45) is 14.9. The SMILES string of the molecule is CC(=O)C[n+]1ccn2c1C[N+]1(CCCCCCCCNC(=S)Nc3ccc(SOON)cc3)CC3=NC=C[N+]3(CC(C)=O)C21. The lowest BCUT2D eigenvalue weighted by Gasteiger charge is -2.33. The molecule has 1 aromatic carbocycles. The summed E-state index contributed by atoms with van der Waals surface area (Å²) in [5.41, 5.74) is 0.893. The van der Waals surface area contributed by atoms with Crippen molar-refractivity contribution < 1.29 is 32.4 Å². The molecule has 0 saturated carbocycles. The number of ketones is 2. The van der Waals surface area contributed by atoms with Crippen molar-refractivity contribution in [2.24, 2.45) is 10.9 Å². The number of hydrogen-bond donors (Lipinski definition) is 3. The van der Waals surface area contributed by atoms with Gasteiger partial charge < -0.3 is 10.6 Å². The summed E-state index contributed by atoms with van der Waals surface area (Å²) in [6.45, 7) is 7.60. The van der Waals surface area contributed by atoms with Crippen LogP contribution in [-0.2, 0) is 32.0 Å². The lowest BCUT2D eigenvalue weighted by molar-refractivity contribution is -1.07. The summed E-state index contributed by atoms with van der Waals surface area (Å²) in [6, 6.07) is 7.59. The predicted octanol–water partition coefficient (Wildman–Crippen LogP) is 3.61. The molecular weight excluding hydrogens is 601 g/mol. The topological polar surface area (TPSA) is 124 Å². The molecule has 14 heteroatoms. The zero-order chi connectivity index (χ0) is 31.2. The number of aliphatic imine (C=N–C) groups is 1. The minimum Gasteiger partial charge on any atom is -0.362 e. The van der Waals surface area contributed by atoms with E-state index in [0.29, 0.717) is 22.7 Å². The Bertz CT molecular complexity index is 1430. The Kier molecular flexibility index (Phi) is 10.6. The number of hydrogen-bond acceptors (Lipinski definition) is 8. The number of benzene rings is 1. The molecule has 3 unspecified atom stereocenters. The molecule has 2 aromatic rings. The third kappa shape index (κ3) is 7.12. The number of Topliss-reactive ketones (excluding diaryl/α,β-unsaturated/α-hetero) is 2. The molecule has 0 aliphatic carbocycles. The van der Waals surface area contributed by atoms with Crippen LogP contribution in [0.15, 0.2) is 58.9 Å². The van der Waals surface area contributed by atoms with Gasteiger partial charge in [-0.05, 0) is 62.7 Å². The average molecular weight is 644 g/mol. The molecule has 3 aliphatic heterocycles. The number of amidine groups is 1. The fourth-order valence-corrected chi connectivity index (χ4v) is 7.50. The van der Waals surface area contributed by atoms with Gasteiger partial charge in [-0.15, -0.1) is 13.9 Å². The van der Waals surface area contributed by atoms with Crippen LogP contribution in [0.2, 0.25) is 0 Å². The number of nitrogens with zero attached hydrogens (tertiary/aromatic N) is 5. The lowest BCUT2D eigenvalue weighted by Crippen LogP contribution is -2.54. The average Bonchev–Trinajstić information content (AvgIpc) is 3.68. The number of aromatic nitrogens is 2. The second-order valence-electron chi connectivity index (χ2n) is 12.0. The number of unbranched alkanes of at least 4 members (excludes halogenated alkanes) is 5. The van der Waals surface area contributed by atoms with Crippen LogP contribution in [0.3, 0.4) is 0 Å². The number of carbonyl (C=O) groups is 2. The van der Waals surface area contributed by atoms with Crippen LogP contribution in [0.25, 0.3) is 0 Å². The highest BCUT2D eigenvalue weighted by molar-refractivity contribution is 7.94. The Labute approximate surface area is 268 Å². The summed E-state index contributed by atoms with van der Waals surface area (Å²) in [5.74, 6) is 7.40. The van der Waals surface area contributed by atoms with Gasteiger partial charge in [-0.3, -0.25) is 9.59 Å². The monoisotopic (exact) mass is 643 g/mol. The van der Waals surface area contributed by atoms with E-state index in [-0.39, 0.29) is 17.9 Å². The lowest BCUT2D eigenvalue weighted by atomic mass is 10.1. The standard InChI is InChI=1S/C30H42N8O4S2/c1-23(39)19-35-15-16-36-28(35)22-37(21-27-32-14-18-38(27,30(36)37)20-24(2)40)17-8-6-4-3-5-7-13-33-29(43)34-25-9-11-26(12-10-25)44-42-41-31/h9-12,14-16,18,30H,3-8,13,17,19-22,31H2,1-2H3,(H-,33,34,43)/q+2/p+1. The van der Waals surface area contributed by atoms with Gasteiger partial charge in [0.1, 0.15) is 25.1 Å². The van der Waals surface area contributed by atoms with Crippen LogP contribution in [0, 0.1) is 0 Å². The first-order valence-corrected chi connectivity index (χ1v) is 16.3. The molecule has 12 nitrogen and oxygen atoms in total. The van der Waals surface area contributed by atoms with Gasteiger partial charge in [-0.1, -0.05) is 19.3 Å². The summed E-state index contributed by atoms with van der Waals surface area (Å²) >= 11 is 6.46. The maximum absolute atomic E-state index is 12.5. The minimum atomic E-state index is 0.0414. The first kappa shape index (κ1) is 32.4. The van der Waals surface area contributed by atoms with Crippen LogP contribution in [-0.4, -0.2) is 62.2 Å². The van der Waals surface area contributed by atoms with E-state index in [2.05, 4.69) is 41.5 Å². The highest BCUT2D eigenvalue weighted by atomic mass is 32.2. The Morgan fingerprint density at radius 1 is 1.11 bits per heavy atom. The zero-order valence-corrected chi connectivity index (χ0v) is 27.1. The van der Waals surface area contributed by atoms with E-state index in [9.17, 15) is 9.59 Å². The number of carbonyl (C=O) groups excluding carboxylic acids is 2. The number of nitrogens with two attached hydrogens (primary N) is 1. The smallest absolute Gasteiger partial charge is 0.362 e. The molecule has 4 heterocycles. The van der Waals surface area contributed by atoms with Crippen molar-refractivity contribution in [2.75, 3.05) is 31.5 Å². The molecule has 0 spiro atoms. The van der Waals surface area contributed by atoms with Gasteiger partial charge in [0, 0.05) is 24.1 Å². The Morgan fingerprint density at radius 2 is 1.86 bits per heavy atom. The van der Waals surface area contributed by atoms with E-state index >= 15 is 0 Å². The number of quaternary nitrogens is 2. The van der Waals surface area contributed by atoms with Crippen molar-refractivity contribution in [1.82, 2.24) is 9.88 Å². The van der Waals surface area contributed by atoms with Crippen LogP contribution >= 0.6 is 24.3 Å². The van der Waals surface area contributed by atoms with E-state index < -0.39 is 0 Å². The maximum atomic E-state index is 12.5. The molecule has 0 amide bonds. The van der Waals surface area contributed by atoms with Crippen molar-refractivity contribution in [3.05, 3.63) is 54.9 Å². The van der Waals surface area contributed by atoms with Gasteiger partial charge in [0.25, 0.3) is 5.84 Å². The van der Waals surface area contributed by atoms with Gasteiger partial charge in [0.2, 0.25) is 0 Å². The van der Waals surface area contributed by atoms with E-state index in [1.807, 2.05) is 36.7 Å². The van der Waals surface area contributed by atoms with Crippen LogP contribution < -0.4 is 21.1 Å². The third-order valence-electron chi connectivity index (χ3n) is 8.61. The van der Waals surface area contributed by atoms with E-state index in [1.165, 1.54) is 12.8 Å². The van der Waals surface area contributed by atoms with Crippen LogP contribution in [0.4, 0.5) is 5.69 Å². The summed E-state index contributed by atoms with van der Waals surface area (Å²) < 4.78 is 10.4. The number of nitrogens with one attached hydrogen (secondary N) is 2. The Morgan fingerprint density at radius 3 is 2.59 bits per heavy atom. The second kappa shape index (κ2) is 14.4. The molecular formula is C30H43N8O4S2+3. The Balaban J connectivity index is 1.06. The van der Waals surface area contributed by atoms with E-state index in [4.69, 9.17) is 23.1 Å². The van der Waals surface area contributed by atoms with Crippen molar-refractivity contribution >= 4 is 52.5 Å². The molecule has 3 aliphatic rings. The number of fused-ring (bicyclic) bond motifs is 5. The molecule has 3 atom stereocenters. The Hall–Kier alpha value is -2.98. The summed E-state index contributed by atoms with van der Waals surface area (Å²) in [7, 11) is 0. The summed E-state index contributed by atoms with van der Waals surface area (Å²) in [4.78, 5) is 34.2. The van der Waals surface area contributed by atoms with Crippen LogP contribution in [0.5, 0.6) is 0 Å². The first-order chi connectivity index (χ1) is 21.3. The van der Waals surface area contributed by atoms with Gasteiger partial charge in [0.15, 0.2) is 36.3 Å². The molecule has 44 heavy (non-hydrogen) atoms. The van der Waals surface area contributed by atoms with Gasteiger partial charge in [-0.2, -0.15) is 15.4 Å². The highest BCUT2D eigenvalue weighted by Gasteiger charge is 2.71.